The highest BCUT2D eigenvalue weighted by atomic mass is 31.2. The van der Waals surface area contributed by atoms with Gasteiger partial charge >= 0.3 is 0 Å². The maximum Gasteiger partial charge on any atom is 0.171 e. The molecule has 0 atom stereocenters. The minimum absolute atomic E-state index is 0.116. The Bertz CT molecular complexity index is 1200. The second-order valence-electron chi connectivity index (χ2n) is 9.45. The van der Waals surface area contributed by atoms with Crippen LogP contribution in [0.15, 0.2) is 91.1 Å². The lowest BCUT2D eigenvalue weighted by atomic mass is 10.1. The summed E-state index contributed by atoms with van der Waals surface area (Å²) >= 11 is 0. The van der Waals surface area contributed by atoms with Crippen molar-refractivity contribution in [3.8, 4) is 17.2 Å². The average molecular weight is 489 g/mol. The van der Waals surface area contributed by atoms with Crippen LogP contribution >= 0.6 is 7.14 Å². The first-order chi connectivity index (χ1) is 16.4. The van der Waals surface area contributed by atoms with E-state index in [1.807, 2.05) is 20.8 Å². The molecular formula is C30H33O4P. The van der Waals surface area contributed by atoms with Crippen LogP contribution in [0.1, 0.15) is 37.5 Å². The van der Waals surface area contributed by atoms with Gasteiger partial charge in [-0.1, -0.05) is 36.5 Å². The normalized spacial score (nSPS) is 11.3. The van der Waals surface area contributed by atoms with E-state index < -0.39 is 7.14 Å². The molecule has 182 valence electrons. The van der Waals surface area contributed by atoms with E-state index >= 15 is 4.57 Å². The van der Waals surface area contributed by atoms with E-state index in [0.29, 0.717) is 51.9 Å². The van der Waals surface area contributed by atoms with E-state index in [2.05, 4.69) is 19.7 Å². The van der Waals surface area contributed by atoms with Crippen LogP contribution in [-0.4, -0.2) is 15.3 Å². The lowest BCUT2D eigenvalue weighted by molar-refractivity contribution is 0.469. The zero-order valence-electron chi connectivity index (χ0n) is 20.6. The van der Waals surface area contributed by atoms with Crippen LogP contribution < -0.4 is 15.9 Å². The first kappa shape index (κ1) is 26.1. The molecule has 5 heteroatoms. The van der Waals surface area contributed by atoms with Crippen LogP contribution in [0.25, 0.3) is 0 Å². The van der Waals surface area contributed by atoms with Crippen molar-refractivity contribution in [1.82, 2.24) is 0 Å². The summed E-state index contributed by atoms with van der Waals surface area (Å²) in [4.78, 5) is 0. The Kier molecular flexibility index (Phi) is 7.77. The number of phenols is 3. The summed E-state index contributed by atoms with van der Waals surface area (Å²) in [7, 11) is -3.47. The Morgan fingerprint density at radius 1 is 0.600 bits per heavy atom. The van der Waals surface area contributed by atoms with Gasteiger partial charge in [0.15, 0.2) is 7.14 Å². The summed E-state index contributed by atoms with van der Waals surface area (Å²) in [6, 6.07) is 15.0. The highest BCUT2D eigenvalue weighted by Gasteiger charge is 2.32. The minimum atomic E-state index is -3.47. The summed E-state index contributed by atoms with van der Waals surface area (Å²) in [6.07, 6.45) is 1.35. The van der Waals surface area contributed by atoms with Crippen molar-refractivity contribution in [1.29, 1.82) is 0 Å². The summed E-state index contributed by atoms with van der Waals surface area (Å²) < 4.78 is 15.2. The highest BCUT2D eigenvalue weighted by molar-refractivity contribution is 7.85. The standard InChI is InChI=1S/C30H33O4P/c1-19(2)13-22-16-25(7-10-28(22)31)35(34,26-8-11-29(32)23(17-26)14-20(3)4)27-9-12-30(33)24(18-27)15-21(5)6/h7-12,16-18,31-33H,1,3,5,13-15H2,2,4,6H3. The fourth-order valence-electron chi connectivity index (χ4n) is 4.15. The molecule has 0 amide bonds. The van der Waals surface area contributed by atoms with Crippen LogP contribution in [-0.2, 0) is 23.8 Å². The van der Waals surface area contributed by atoms with Crippen molar-refractivity contribution >= 4 is 23.1 Å². The predicted octanol–water partition coefficient (Wildman–Crippen LogP) is 5.80. The zero-order chi connectivity index (χ0) is 25.9. The molecule has 0 saturated carbocycles. The average Bonchev–Trinajstić information content (AvgIpc) is 2.76. The lowest BCUT2D eigenvalue weighted by Gasteiger charge is -2.23. The van der Waals surface area contributed by atoms with E-state index in [9.17, 15) is 15.3 Å². The Morgan fingerprint density at radius 2 is 0.857 bits per heavy atom. The fourth-order valence-corrected chi connectivity index (χ4v) is 6.91. The second-order valence-corrected chi connectivity index (χ2v) is 12.2. The van der Waals surface area contributed by atoms with E-state index in [1.165, 1.54) is 0 Å². The van der Waals surface area contributed by atoms with Gasteiger partial charge < -0.3 is 19.9 Å². The Labute approximate surface area is 208 Å². The number of aromatic hydroxyl groups is 3. The molecule has 3 N–H and O–H groups in total. The van der Waals surface area contributed by atoms with E-state index in [4.69, 9.17) is 0 Å². The minimum Gasteiger partial charge on any atom is -0.508 e. The Hall–Kier alpha value is -3.49. The van der Waals surface area contributed by atoms with Gasteiger partial charge in [0.25, 0.3) is 0 Å². The van der Waals surface area contributed by atoms with Crippen molar-refractivity contribution in [2.45, 2.75) is 40.0 Å². The van der Waals surface area contributed by atoms with Gasteiger partial charge in [-0.05, 0) is 111 Å². The van der Waals surface area contributed by atoms with Gasteiger partial charge in [-0.15, -0.1) is 0 Å². The zero-order valence-corrected chi connectivity index (χ0v) is 21.5. The van der Waals surface area contributed by atoms with Crippen LogP contribution in [0.3, 0.4) is 0 Å². The number of rotatable bonds is 9. The quantitative estimate of drug-likeness (QED) is 0.263. The summed E-state index contributed by atoms with van der Waals surface area (Å²) in [5.74, 6) is 0.349. The van der Waals surface area contributed by atoms with Crippen LogP contribution in [0.5, 0.6) is 17.2 Å². The predicted molar refractivity (Wildman–Crippen MR) is 146 cm³/mol. The molecular weight excluding hydrogens is 455 g/mol. The van der Waals surface area contributed by atoms with Crippen molar-refractivity contribution in [3.05, 3.63) is 108 Å². The van der Waals surface area contributed by atoms with Gasteiger partial charge in [-0.2, -0.15) is 0 Å². The third-order valence-corrected chi connectivity index (χ3v) is 8.77. The SMILES string of the molecule is C=C(C)Cc1cc(P(=O)(c2ccc(O)c(CC(=C)C)c2)c2ccc(O)c(CC(=C)C)c2)ccc1O. The number of hydrogen-bond acceptors (Lipinski definition) is 4. The van der Waals surface area contributed by atoms with Gasteiger partial charge in [-0.25, -0.2) is 0 Å². The lowest BCUT2D eigenvalue weighted by Crippen LogP contribution is -2.26. The van der Waals surface area contributed by atoms with Gasteiger partial charge in [0.05, 0.1) is 0 Å². The molecule has 0 heterocycles. The van der Waals surface area contributed by atoms with Crippen LogP contribution in [0.4, 0.5) is 0 Å². The molecule has 3 aromatic carbocycles. The fraction of sp³-hybridized carbons (Fsp3) is 0.200. The highest BCUT2D eigenvalue weighted by Crippen LogP contribution is 2.45. The first-order valence-corrected chi connectivity index (χ1v) is 13.1. The van der Waals surface area contributed by atoms with Crippen molar-refractivity contribution < 1.29 is 19.9 Å². The molecule has 0 bridgehead atoms. The van der Waals surface area contributed by atoms with Crippen molar-refractivity contribution in [2.24, 2.45) is 0 Å². The molecule has 0 fully saturated rings. The van der Waals surface area contributed by atoms with Gasteiger partial charge in [-0.3, -0.25) is 0 Å². The third kappa shape index (κ3) is 5.78. The Balaban J connectivity index is 2.33. The smallest absolute Gasteiger partial charge is 0.171 e. The molecule has 0 saturated heterocycles. The largest absolute Gasteiger partial charge is 0.508 e. The molecule has 35 heavy (non-hydrogen) atoms. The van der Waals surface area contributed by atoms with Crippen LogP contribution in [0.2, 0.25) is 0 Å². The second kappa shape index (κ2) is 10.4. The van der Waals surface area contributed by atoms with E-state index in [0.717, 1.165) is 16.7 Å². The molecule has 0 spiro atoms. The summed E-state index contributed by atoms with van der Waals surface area (Å²) in [5.41, 5.74) is 4.52. The monoisotopic (exact) mass is 488 g/mol. The molecule has 0 aliphatic heterocycles. The number of allylic oxidation sites excluding steroid dienone is 3. The summed E-state index contributed by atoms with van der Waals surface area (Å²) in [6.45, 7) is 17.5. The number of phenolic OH excluding ortho intramolecular Hbond substituents is 3. The van der Waals surface area contributed by atoms with Crippen molar-refractivity contribution in [3.63, 3.8) is 0 Å². The number of hydrogen-bond donors (Lipinski definition) is 3. The first-order valence-electron chi connectivity index (χ1n) is 11.4. The van der Waals surface area contributed by atoms with E-state index in [-0.39, 0.29) is 17.2 Å². The third-order valence-electron chi connectivity index (χ3n) is 5.76. The molecule has 0 aliphatic carbocycles. The molecule has 0 unspecified atom stereocenters. The van der Waals surface area contributed by atoms with Crippen molar-refractivity contribution in [2.75, 3.05) is 0 Å². The van der Waals surface area contributed by atoms with E-state index in [1.54, 1.807) is 54.6 Å². The maximum absolute atomic E-state index is 15.2. The molecule has 0 radical (unpaired) electrons. The molecule has 0 aromatic heterocycles. The van der Waals surface area contributed by atoms with Gasteiger partial charge in [0.2, 0.25) is 0 Å². The number of benzene rings is 3. The topological polar surface area (TPSA) is 77.8 Å². The van der Waals surface area contributed by atoms with Crippen LogP contribution in [0, 0.1) is 0 Å². The molecule has 0 aliphatic rings. The molecule has 3 aromatic rings. The maximum atomic E-state index is 15.2. The van der Waals surface area contributed by atoms with Gasteiger partial charge in [0.1, 0.15) is 17.2 Å². The Morgan fingerprint density at radius 3 is 1.09 bits per heavy atom. The molecule has 3 rings (SSSR count). The summed E-state index contributed by atoms with van der Waals surface area (Å²) in [5, 5.41) is 32.9. The molecule has 4 nitrogen and oxygen atoms in total. The van der Waals surface area contributed by atoms with Gasteiger partial charge in [0, 0.05) is 15.9 Å².